The van der Waals surface area contributed by atoms with E-state index in [-0.39, 0.29) is 11.9 Å². The Balaban J connectivity index is 1.75. The van der Waals surface area contributed by atoms with Crippen molar-refractivity contribution in [1.29, 1.82) is 0 Å². The van der Waals surface area contributed by atoms with Gasteiger partial charge in [-0.15, -0.1) is 0 Å². The maximum absolute atomic E-state index is 11.7. The van der Waals surface area contributed by atoms with Gasteiger partial charge in [0.2, 0.25) is 5.91 Å². The molecule has 0 bridgehead atoms. The van der Waals surface area contributed by atoms with Crippen molar-refractivity contribution in [3.63, 3.8) is 0 Å². The monoisotopic (exact) mass is 258 g/mol. The number of carbonyl (C=O) groups is 1. The molecule has 2 unspecified atom stereocenters. The zero-order valence-electron chi connectivity index (χ0n) is 11.6. The molecule has 0 N–H and O–H groups in total. The molecule has 1 amide bonds. The first kappa shape index (κ1) is 12.7. The molecule has 1 fully saturated rings. The van der Waals surface area contributed by atoms with E-state index in [4.69, 9.17) is 0 Å². The molecule has 3 aliphatic rings. The molecule has 2 atom stereocenters. The first-order valence-corrected chi connectivity index (χ1v) is 7.32. The summed E-state index contributed by atoms with van der Waals surface area (Å²) in [4.78, 5) is 16.2. The molecule has 0 aromatic rings. The van der Waals surface area contributed by atoms with Crippen molar-refractivity contribution >= 4 is 5.91 Å². The summed E-state index contributed by atoms with van der Waals surface area (Å²) in [5.41, 5.74) is 1.39. The number of likely N-dealkylation sites (tertiary alicyclic amines) is 1. The van der Waals surface area contributed by atoms with Crippen molar-refractivity contribution in [3.05, 3.63) is 36.1 Å². The summed E-state index contributed by atoms with van der Waals surface area (Å²) in [5, 5.41) is 0. The summed E-state index contributed by atoms with van der Waals surface area (Å²) < 4.78 is 0. The van der Waals surface area contributed by atoms with Crippen LogP contribution in [0.5, 0.6) is 0 Å². The third kappa shape index (κ3) is 2.52. The Morgan fingerprint density at radius 3 is 2.68 bits per heavy atom. The van der Waals surface area contributed by atoms with Crippen molar-refractivity contribution in [3.8, 4) is 0 Å². The van der Waals surface area contributed by atoms with Gasteiger partial charge >= 0.3 is 0 Å². The van der Waals surface area contributed by atoms with Crippen LogP contribution in [-0.2, 0) is 4.79 Å². The number of hydrogen-bond donors (Lipinski definition) is 0. The molecule has 3 nitrogen and oxygen atoms in total. The average Bonchev–Trinajstić information content (AvgIpc) is 2.79. The third-order valence-electron chi connectivity index (χ3n) is 4.38. The molecule has 0 aromatic carbocycles. The van der Waals surface area contributed by atoms with Crippen molar-refractivity contribution in [1.82, 2.24) is 9.80 Å². The van der Waals surface area contributed by atoms with E-state index in [0.29, 0.717) is 5.92 Å². The molecule has 0 saturated carbocycles. The molecule has 1 saturated heterocycles. The molecule has 1 aliphatic carbocycles. The lowest BCUT2D eigenvalue weighted by molar-refractivity contribution is -0.127. The van der Waals surface area contributed by atoms with E-state index in [1.54, 1.807) is 6.92 Å². The molecule has 2 heterocycles. The Kier molecular flexibility index (Phi) is 3.56. The minimum absolute atomic E-state index is 0.142. The van der Waals surface area contributed by atoms with E-state index < -0.39 is 0 Å². The number of fused-ring (bicyclic) bond motifs is 1. The van der Waals surface area contributed by atoms with Crippen LogP contribution in [0.15, 0.2) is 36.1 Å². The van der Waals surface area contributed by atoms with Gasteiger partial charge in [-0.25, -0.2) is 0 Å². The summed E-state index contributed by atoms with van der Waals surface area (Å²) in [6, 6.07) is 0.210. The number of nitrogens with zero attached hydrogens (tertiary/aromatic N) is 2. The highest BCUT2D eigenvalue weighted by atomic mass is 16.2. The largest absolute Gasteiger partial charge is 0.311 e. The van der Waals surface area contributed by atoms with Gasteiger partial charge in [0.25, 0.3) is 0 Å². The van der Waals surface area contributed by atoms with Gasteiger partial charge in [-0.1, -0.05) is 30.7 Å². The van der Waals surface area contributed by atoms with Gasteiger partial charge in [0.05, 0.1) is 6.04 Å². The summed E-state index contributed by atoms with van der Waals surface area (Å²) in [6.07, 6.45) is 14.6. The fourth-order valence-electron chi connectivity index (χ4n) is 3.38. The van der Waals surface area contributed by atoms with Crippen LogP contribution in [0.1, 0.15) is 26.2 Å². The smallest absolute Gasteiger partial charge is 0.223 e. The van der Waals surface area contributed by atoms with Crippen molar-refractivity contribution in [2.24, 2.45) is 5.92 Å². The zero-order valence-corrected chi connectivity index (χ0v) is 11.6. The predicted octanol–water partition coefficient (Wildman–Crippen LogP) is 2.33. The van der Waals surface area contributed by atoms with Gasteiger partial charge in [-0.2, -0.15) is 0 Å². The van der Waals surface area contributed by atoms with Gasteiger partial charge in [0.1, 0.15) is 0 Å². The van der Waals surface area contributed by atoms with Crippen molar-refractivity contribution < 1.29 is 4.79 Å². The normalized spacial score (nSPS) is 30.4. The summed E-state index contributed by atoms with van der Waals surface area (Å²) in [6.45, 7) is 5.08. The van der Waals surface area contributed by atoms with Crippen molar-refractivity contribution in [2.45, 2.75) is 32.2 Å². The number of allylic oxidation sites excluding steroid dienone is 2. The Hall–Kier alpha value is -1.35. The molecular weight excluding hydrogens is 236 g/mol. The second-order valence-corrected chi connectivity index (χ2v) is 5.75. The summed E-state index contributed by atoms with van der Waals surface area (Å²) in [5.74, 6) is 0.527. The van der Waals surface area contributed by atoms with E-state index in [1.165, 1.54) is 37.9 Å². The van der Waals surface area contributed by atoms with Crippen LogP contribution in [0, 0.1) is 5.92 Å². The second-order valence-electron chi connectivity index (χ2n) is 5.75. The van der Waals surface area contributed by atoms with Gasteiger partial charge < -0.3 is 4.90 Å². The Bertz CT molecular complexity index is 444. The number of hydrogen-bond acceptors (Lipinski definition) is 2. The highest BCUT2D eigenvalue weighted by molar-refractivity contribution is 5.76. The first-order chi connectivity index (χ1) is 9.25. The number of amides is 1. The predicted molar refractivity (Wildman–Crippen MR) is 76.5 cm³/mol. The highest BCUT2D eigenvalue weighted by Crippen LogP contribution is 2.33. The Labute approximate surface area is 115 Å². The molecule has 0 radical (unpaired) electrons. The van der Waals surface area contributed by atoms with Gasteiger partial charge in [-0.05, 0) is 31.5 Å². The fraction of sp³-hybridized carbons (Fsp3) is 0.562. The van der Waals surface area contributed by atoms with E-state index in [2.05, 4.69) is 35.4 Å². The molecule has 19 heavy (non-hydrogen) atoms. The maximum atomic E-state index is 11.7. The average molecular weight is 258 g/mol. The Morgan fingerprint density at radius 2 is 1.95 bits per heavy atom. The molecule has 0 aromatic heterocycles. The lowest BCUT2D eigenvalue weighted by Gasteiger charge is -2.29. The number of piperidine rings is 1. The lowest BCUT2D eigenvalue weighted by atomic mass is 9.90. The third-order valence-corrected chi connectivity index (χ3v) is 4.38. The van der Waals surface area contributed by atoms with Gasteiger partial charge in [-0.3, -0.25) is 9.69 Å². The minimum Gasteiger partial charge on any atom is -0.311 e. The minimum atomic E-state index is 0.142. The van der Waals surface area contributed by atoms with Crippen LogP contribution >= 0.6 is 0 Å². The van der Waals surface area contributed by atoms with Crippen molar-refractivity contribution in [2.75, 3.05) is 19.6 Å². The molecule has 2 aliphatic heterocycles. The number of carbonyl (C=O) groups excluding carboxylic acids is 1. The molecule has 3 heteroatoms. The van der Waals surface area contributed by atoms with E-state index in [1.807, 2.05) is 4.90 Å². The molecular formula is C16H22N2O. The van der Waals surface area contributed by atoms with E-state index in [9.17, 15) is 4.79 Å². The van der Waals surface area contributed by atoms with Crippen LogP contribution in [0.3, 0.4) is 0 Å². The highest BCUT2D eigenvalue weighted by Gasteiger charge is 2.35. The van der Waals surface area contributed by atoms with Crippen LogP contribution in [0.4, 0.5) is 0 Å². The second kappa shape index (κ2) is 5.33. The molecule has 0 spiro atoms. The lowest BCUT2D eigenvalue weighted by Crippen LogP contribution is -2.35. The summed E-state index contributed by atoms with van der Waals surface area (Å²) in [7, 11) is 0. The van der Waals surface area contributed by atoms with Crippen LogP contribution in [0.2, 0.25) is 0 Å². The van der Waals surface area contributed by atoms with E-state index in [0.717, 1.165) is 6.54 Å². The SMILES string of the molecule is CC(=O)N1C=C(CN2CCCCC2)C2C=CC=CC21. The van der Waals surface area contributed by atoms with Gasteiger partial charge in [0.15, 0.2) is 0 Å². The summed E-state index contributed by atoms with van der Waals surface area (Å²) >= 11 is 0. The molecule has 102 valence electrons. The standard InChI is InChI=1S/C16H22N2O/c1-13(19)18-12-14(11-17-9-5-2-6-10-17)15-7-3-4-8-16(15)18/h3-4,7-8,12,15-16H,2,5-6,9-11H2,1H3. The Morgan fingerprint density at radius 1 is 1.21 bits per heavy atom. The zero-order chi connectivity index (χ0) is 13.2. The number of rotatable bonds is 2. The van der Waals surface area contributed by atoms with Gasteiger partial charge in [0, 0.05) is 25.6 Å². The first-order valence-electron chi connectivity index (χ1n) is 7.32. The quantitative estimate of drug-likeness (QED) is 0.759. The van der Waals surface area contributed by atoms with Crippen LogP contribution < -0.4 is 0 Å². The topological polar surface area (TPSA) is 23.6 Å². The maximum Gasteiger partial charge on any atom is 0.223 e. The van der Waals surface area contributed by atoms with E-state index >= 15 is 0 Å². The van der Waals surface area contributed by atoms with Crippen LogP contribution in [-0.4, -0.2) is 41.4 Å². The molecule has 3 rings (SSSR count). The fourth-order valence-corrected chi connectivity index (χ4v) is 3.38. The van der Waals surface area contributed by atoms with Crippen LogP contribution in [0.25, 0.3) is 0 Å².